The minimum absolute atomic E-state index is 0.00228. The summed E-state index contributed by atoms with van der Waals surface area (Å²) in [6.07, 6.45) is 1.57. The molecule has 2 rings (SSSR count). The van der Waals surface area contributed by atoms with Crippen LogP contribution in [0.3, 0.4) is 0 Å². The van der Waals surface area contributed by atoms with E-state index in [0.29, 0.717) is 0 Å². The van der Waals surface area contributed by atoms with Crippen molar-refractivity contribution in [3.63, 3.8) is 0 Å². The summed E-state index contributed by atoms with van der Waals surface area (Å²) in [7, 11) is -4.51. The standard InChI is InChI=1S/C16H20N6O8S2/c1-2-10-3-4-11(7-13(10)32(26,27)28)19-16-21-14(17-5-6-31-30-29-25)20-15(22-16)18-8-12(24)9-23/h2-5,7,12,23-25H,1,6,8-9H2,(H,26,27,28)(H2,18,19,20,21,22)/b17-5-. The molecule has 0 aliphatic heterocycles. The van der Waals surface area contributed by atoms with Crippen molar-refractivity contribution < 1.29 is 37.8 Å². The number of aliphatic imine (C=N–C) groups is 1. The summed E-state index contributed by atoms with van der Waals surface area (Å²) in [4.78, 5) is 15.9. The van der Waals surface area contributed by atoms with Crippen LogP contribution in [-0.4, -0.2) is 74.6 Å². The summed E-state index contributed by atoms with van der Waals surface area (Å²) in [5, 5.41) is 35.5. The van der Waals surface area contributed by atoms with Crippen LogP contribution in [0, 0.1) is 0 Å². The van der Waals surface area contributed by atoms with Crippen molar-refractivity contribution in [1.82, 2.24) is 15.0 Å². The van der Waals surface area contributed by atoms with Gasteiger partial charge in [0.1, 0.15) is 4.90 Å². The number of aliphatic hydroxyl groups excluding tert-OH is 2. The molecule has 14 nitrogen and oxygen atoms in total. The predicted molar refractivity (Wildman–Crippen MR) is 116 cm³/mol. The average Bonchev–Trinajstić information content (AvgIpc) is 2.76. The van der Waals surface area contributed by atoms with Crippen LogP contribution < -0.4 is 10.6 Å². The third kappa shape index (κ3) is 8.09. The first-order valence-electron chi connectivity index (χ1n) is 8.69. The third-order valence-corrected chi connectivity index (χ3v) is 4.88. The minimum atomic E-state index is -4.51. The molecule has 6 N–H and O–H groups in total. The Kier molecular flexibility index (Phi) is 9.88. The van der Waals surface area contributed by atoms with E-state index in [1.54, 1.807) is 0 Å². The van der Waals surface area contributed by atoms with Crippen LogP contribution in [0.25, 0.3) is 6.08 Å². The van der Waals surface area contributed by atoms with Crippen molar-refractivity contribution in [3.8, 4) is 0 Å². The molecule has 0 aliphatic rings. The van der Waals surface area contributed by atoms with Gasteiger partial charge < -0.3 is 20.8 Å². The molecule has 0 saturated carbocycles. The van der Waals surface area contributed by atoms with Crippen LogP contribution in [0.2, 0.25) is 0 Å². The van der Waals surface area contributed by atoms with E-state index in [2.05, 4.69) is 46.5 Å². The van der Waals surface area contributed by atoms with Crippen molar-refractivity contribution >= 4 is 58.0 Å². The van der Waals surface area contributed by atoms with Crippen LogP contribution in [0.15, 0.2) is 34.7 Å². The molecule has 16 heteroatoms. The van der Waals surface area contributed by atoms with E-state index in [-0.39, 0.29) is 46.3 Å². The van der Waals surface area contributed by atoms with Gasteiger partial charge in [-0.15, -0.1) is 4.33 Å². The lowest BCUT2D eigenvalue weighted by molar-refractivity contribution is -0.432. The SMILES string of the molecule is C=Cc1ccc(Nc2nc(/N=C\CSOOO)nc(NCC(O)CO)n2)cc1S(=O)(=O)O. The third-order valence-electron chi connectivity index (χ3n) is 3.53. The molecule has 1 atom stereocenters. The molecule has 1 heterocycles. The number of anilines is 3. The highest BCUT2D eigenvalue weighted by Crippen LogP contribution is 2.24. The quantitative estimate of drug-likeness (QED) is 0.0581. The zero-order valence-electron chi connectivity index (χ0n) is 16.3. The molecule has 0 aliphatic carbocycles. The molecule has 0 bridgehead atoms. The first-order valence-corrected chi connectivity index (χ1v) is 11.0. The van der Waals surface area contributed by atoms with Crippen molar-refractivity contribution in [2.75, 3.05) is 29.5 Å². The maximum atomic E-state index is 11.6. The summed E-state index contributed by atoms with van der Waals surface area (Å²) in [5.74, 6) is 0.0689. The summed E-state index contributed by atoms with van der Waals surface area (Å²) >= 11 is 0.735. The highest BCUT2D eigenvalue weighted by Gasteiger charge is 2.15. The highest BCUT2D eigenvalue weighted by molar-refractivity contribution is 7.95. The molecule has 1 aromatic carbocycles. The Balaban J connectivity index is 2.32. The zero-order chi connectivity index (χ0) is 23.6. The van der Waals surface area contributed by atoms with Crippen molar-refractivity contribution in [1.29, 1.82) is 0 Å². The minimum Gasteiger partial charge on any atom is -0.394 e. The van der Waals surface area contributed by atoms with Gasteiger partial charge in [-0.3, -0.25) is 4.55 Å². The molecule has 0 amide bonds. The number of hydrogen-bond donors (Lipinski definition) is 6. The van der Waals surface area contributed by atoms with E-state index in [0.717, 1.165) is 12.0 Å². The Labute approximate surface area is 186 Å². The lowest BCUT2D eigenvalue weighted by Crippen LogP contribution is -2.24. The van der Waals surface area contributed by atoms with Crippen LogP contribution in [-0.2, 0) is 19.5 Å². The second kappa shape index (κ2) is 12.4. The second-order valence-electron chi connectivity index (χ2n) is 5.80. The number of nitrogens with zero attached hydrogens (tertiary/aromatic N) is 4. The van der Waals surface area contributed by atoms with Gasteiger partial charge in [0.2, 0.25) is 11.9 Å². The molecular weight excluding hydrogens is 468 g/mol. The molecule has 2 aromatic rings. The normalized spacial score (nSPS) is 12.6. The van der Waals surface area contributed by atoms with Crippen molar-refractivity contribution in [2.24, 2.45) is 4.99 Å². The van der Waals surface area contributed by atoms with Gasteiger partial charge in [-0.1, -0.05) is 23.8 Å². The Morgan fingerprint density at radius 3 is 2.69 bits per heavy atom. The molecule has 1 aromatic heterocycles. The van der Waals surface area contributed by atoms with Gasteiger partial charge in [0, 0.05) is 30.5 Å². The smallest absolute Gasteiger partial charge is 0.295 e. The summed E-state index contributed by atoms with van der Waals surface area (Å²) in [5.41, 5.74) is 0.431. The van der Waals surface area contributed by atoms with E-state index < -0.39 is 22.8 Å². The van der Waals surface area contributed by atoms with Gasteiger partial charge in [0.05, 0.1) is 18.5 Å². The number of nitrogens with one attached hydrogen (secondary N) is 2. The highest BCUT2D eigenvalue weighted by atomic mass is 32.2. The van der Waals surface area contributed by atoms with Gasteiger partial charge in [0.25, 0.3) is 16.1 Å². The fraction of sp³-hybridized carbons (Fsp3) is 0.250. The first-order chi connectivity index (χ1) is 15.3. The molecule has 0 radical (unpaired) electrons. The average molecular weight is 489 g/mol. The Bertz CT molecular complexity index is 1050. The number of hydrogen-bond acceptors (Lipinski definition) is 14. The summed E-state index contributed by atoms with van der Waals surface area (Å²) in [6.45, 7) is 2.96. The van der Waals surface area contributed by atoms with Gasteiger partial charge in [-0.2, -0.15) is 23.4 Å². The summed E-state index contributed by atoms with van der Waals surface area (Å²) < 4.78 is 36.9. The van der Waals surface area contributed by atoms with E-state index >= 15 is 0 Å². The fourth-order valence-corrected chi connectivity index (χ4v) is 3.12. The number of aliphatic hydroxyl groups is 2. The van der Waals surface area contributed by atoms with Crippen LogP contribution in [0.5, 0.6) is 0 Å². The van der Waals surface area contributed by atoms with E-state index in [1.807, 2.05) is 0 Å². The monoisotopic (exact) mass is 488 g/mol. The maximum Gasteiger partial charge on any atom is 0.295 e. The molecule has 0 spiro atoms. The van der Waals surface area contributed by atoms with Gasteiger partial charge >= 0.3 is 0 Å². The Morgan fingerprint density at radius 1 is 1.28 bits per heavy atom. The largest absolute Gasteiger partial charge is 0.394 e. The zero-order valence-corrected chi connectivity index (χ0v) is 18.0. The fourth-order valence-electron chi connectivity index (χ4n) is 2.16. The van der Waals surface area contributed by atoms with E-state index in [4.69, 9.17) is 10.4 Å². The molecule has 0 saturated heterocycles. The van der Waals surface area contributed by atoms with Gasteiger partial charge in [-0.25, -0.2) is 10.2 Å². The lowest BCUT2D eigenvalue weighted by atomic mass is 10.2. The predicted octanol–water partition coefficient (Wildman–Crippen LogP) is 1.04. The molecule has 174 valence electrons. The number of aromatic nitrogens is 3. The van der Waals surface area contributed by atoms with Crippen molar-refractivity contribution in [3.05, 3.63) is 30.3 Å². The lowest BCUT2D eigenvalue weighted by Gasteiger charge is -2.12. The summed E-state index contributed by atoms with van der Waals surface area (Å²) in [6, 6.07) is 4.12. The van der Waals surface area contributed by atoms with Crippen LogP contribution in [0.1, 0.15) is 5.56 Å². The topological polar surface area (TPSA) is 209 Å². The van der Waals surface area contributed by atoms with Crippen molar-refractivity contribution in [2.45, 2.75) is 11.0 Å². The van der Waals surface area contributed by atoms with E-state index in [9.17, 15) is 18.1 Å². The molecule has 0 fully saturated rings. The van der Waals surface area contributed by atoms with Crippen LogP contribution in [0.4, 0.5) is 23.5 Å². The number of benzene rings is 1. The van der Waals surface area contributed by atoms with E-state index in [1.165, 1.54) is 30.5 Å². The second-order valence-corrected chi connectivity index (χ2v) is 7.89. The van der Waals surface area contributed by atoms with Crippen LogP contribution >= 0.6 is 12.0 Å². The first kappa shape index (κ1) is 25.6. The van der Waals surface area contributed by atoms with Gasteiger partial charge in [-0.05, 0) is 17.7 Å². The Morgan fingerprint density at radius 2 is 2.03 bits per heavy atom. The van der Waals surface area contributed by atoms with Gasteiger partial charge in [0.15, 0.2) is 0 Å². The number of rotatable bonds is 13. The molecular formula is C16H20N6O8S2. The molecule has 32 heavy (non-hydrogen) atoms. The maximum absolute atomic E-state index is 11.6. The Hall–Kier alpha value is -2.70. The molecule has 1 unspecified atom stereocenters.